The molecule has 0 aromatic heterocycles. The van der Waals surface area contributed by atoms with Crippen LogP contribution in [0.1, 0.15) is 450 Å². The number of nitrogens with one attached hydrogen (secondary N) is 1. The Balaban J connectivity index is 3.37. The topological polar surface area (TPSA) is 95.9 Å². The Bertz CT molecular complexity index is 1350. The maximum Gasteiger partial charge on any atom is 0.305 e. The molecular weight excluding hydrogens is 1050 g/mol. The molecule has 0 heterocycles. The van der Waals surface area contributed by atoms with Gasteiger partial charge in [-0.05, 0) is 77.0 Å². The maximum absolute atomic E-state index is 12.6. The van der Waals surface area contributed by atoms with Crippen LogP contribution in [0.15, 0.2) is 24.3 Å². The standard InChI is InChI=1S/C80H155NO5/c1-3-5-7-9-11-13-15-17-19-21-23-24-30-33-37-40-44-48-52-56-60-64-68-72-78(83)77(76-82)81-79(84)73-69-65-61-57-53-49-45-41-38-34-31-28-26-25-27-29-32-35-39-43-47-51-55-59-63-67-71-75-86-80(85)74-70-66-62-58-54-50-46-42-36-22-20-18-16-14-12-10-8-6-4-2/h18,20,25-26,77-78,82-83H,3-17,19,21-24,27-76H2,1-2H3,(H,81,84)/b20-18-,26-25-. The number of carbonyl (C=O) groups excluding carboxylic acids is 2. The summed E-state index contributed by atoms with van der Waals surface area (Å²) in [4.78, 5) is 24.7. The zero-order valence-corrected chi connectivity index (χ0v) is 58.6. The van der Waals surface area contributed by atoms with Gasteiger partial charge in [-0.15, -0.1) is 0 Å². The van der Waals surface area contributed by atoms with Gasteiger partial charge in [0.25, 0.3) is 0 Å². The molecule has 0 bridgehead atoms. The minimum Gasteiger partial charge on any atom is -0.466 e. The molecule has 510 valence electrons. The van der Waals surface area contributed by atoms with Crippen molar-refractivity contribution in [3.63, 3.8) is 0 Å². The molecule has 0 saturated heterocycles. The quantitative estimate of drug-likeness (QED) is 0.0320. The van der Waals surface area contributed by atoms with Crippen LogP contribution in [0, 0.1) is 0 Å². The Morgan fingerprint density at radius 2 is 0.547 bits per heavy atom. The summed E-state index contributed by atoms with van der Waals surface area (Å²) < 4.78 is 5.51. The second kappa shape index (κ2) is 75.8. The summed E-state index contributed by atoms with van der Waals surface area (Å²) in [6, 6.07) is -0.543. The van der Waals surface area contributed by atoms with Crippen LogP contribution in [-0.4, -0.2) is 47.4 Å². The highest BCUT2D eigenvalue weighted by molar-refractivity contribution is 5.76. The SMILES string of the molecule is CCCCCCCC/C=C\CCCCCCCCCCCC(=O)OCCCCCCCCCCCCCC/C=C\CCCCCCCCCCCCCC(=O)NC(CO)C(O)CCCCCCCCCCCCCCCCCCCCCCCCC. The van der Waals surface area contributed by atoms with Crippen molar-refractivity contribution in [3.05, 3.63) is 24.3 Å². The predicted molar refractivity (Wildman–Crippen MR) is 380 cm³/mol. The van der Waals surface area contributed by atoms with Crippen molar-refractivity contribution in [2.45, 2.75) is 463 Å². The lowest BCUT2D eigenvalue weighted by molar-refractivity contribution is -0.143. The van der Waals surface area contributed by atoms with Gasteiger partial charge >= 0.3 is 5.97 Å². The number of ether oxygens (including phenoxy) is 1. The van der Waals surface area contributed by atoms with Crippen molar-refractivity contribution >= 4 is 11.9 Å². The molecule has 0 aliphatic rings. The first kappa shape index (κ1) is 84.3. The molecule has 0 rings (SSSR count). The van der Waals surface area contributed by atoms with Crippen molar-refractivity contribution in [2.75, 3.05) is 13.2 Å². The fourth-order valence-electron chi connectivity index (χ4n) is 12.7. The van der Waals surface area contributed by atoms with Crippen LogP contribution in [0.3, 0.4) is 0 Å². The average Bonchev–Trinajstić information content (AvgIpc) is 3.53. The maximum atomic E-state index is 12.6. The molecule has 0 fully saturated rings. The van der Waals surface area contributed by atoms with E-state index in [1.165, 1.54) is 379 Å². The predicted octanol–water partition coefficient (Wildman–Crippen LogP) is 26.0. The number of hydrogen-bond donors (Lipinski definition) is 3. The molecule has 0 aliphatic carbocycles. The normalized spacial score (nSPS) is 12.6. The van der Waals surface area contributed by atoms with Crippen molar-refractivity contribution in [1.29, 1.82) is 0 Å². The van der Waals surface area contributed by atoms with Gasteiger partial charge in [-0.3, -0.25) is 9.59 Å². The molecule has 6 nitrogen and oxygen atoms in total. The van der Waals surface area contributed by atoms with Gasteiger partial charge < -0.3 is 20.3 Å². The van der Waals surface area contributed by atoms with Gasteiger partial charge in [-0.2, -0.15) is 0 Å². The van der Waals surface area contributed by atoms with Gasteiger partial charge in [0.2, 0.25) is 5.91 Å². The summed E-state index contributed by atoms with van der Waals surface area (Å²) in [5.74, 6) is -0.0144. The minimum absolute atomic E-state index is 0.0159. The first-order valence-electron chi connectivity index (χ1n) is 39.6. The number of aliphatic hydroxyl groups excluding tert-OH is 2. The van der Waals surface area contributed by atoms with E-state index in [9.17, 15) is 19.8 Å². The van der Waals surface area contributed by atoms with Crippen LogP contribution in [0.2, 0.25) is 0 Å². The fourth-order valence-corrected chi connectivity index (χ4v) is 12.7. The van der Waals surface area contributed by atoms with Crippen LogP contribution < -0.4 is 5.32 Å². The number of carbonyl (C=O) groups is 2. The summed E-state index contributed by atoms with van der Waals surface area (Å²) in [7, 11) is 0. The molecule has 2 unspecified atom stereocenters. The number of amides is 1. The summed E-state index contributed by atoms with van der Waals surface area (Å²) in [5, 5.41) is 23.5. The summed E-state index contributed by atoms with van der Waals surface area (Å²) in [5.41, 5.74) is 0. The zero-order chi connectivity index (χ0) is 62.0. The average molecular weight is 1210 g/mol. The molecule has 2 atom stereocenters. The van der Waals surface area contributed by atoms with E-state index < -0.39 is 12.1 Å². The number of allylic oxidation sites excluding steroid dienone is 4. The van der Waals surface area contributed by atoms with Crippen molar-refractivity contribution in [2.24, 2.45) is 0 Å². The Hall–Kier alpha value is -1.66. The van der Waals surface area contributed by atoms with Gasteiger partial charge in [0.15, 0.2) is 0 Å². The highest BCUT2D eigenvalue weighted by atomic mass is 16.5. The molecule has 86 heavy (non-hydrogen) atoms. The molecule has 0 aliphatic heterocycles. The molecule has 0 aromatic carbocycles. The van der Waals surface area contributed by atoms with E-state index >= 15 is 0 Å². The number of rotatable bonds is 75. The lowest BCUT2D eigenvalue weighted by Crippen LogP contribution is -2.45. The Morgan fingerprint density at radius 3 is 0.826 bits per heavy atom. The van der Waals surface area contributed by atoms with Crippen LogP contribution >= 0.6 is 0 Å². The van der Waals surface area contributed by atoms with Gasteiger partial charge in [0.1, 0.15) is 0 Å². The summed E-state index contributed by atoms with van der Waals surface area (Å²) in [6.07, 6.45) is 96.9. The van der Waals surface area contributed by atoms with E-state index in [0.717, 1.165) is 38.5 Å². The highest BCUT2D eigenvalue weighted by Crippen LogP contribution is 2.20. The summed E-state index contributed by atoms with van der Waals surface area (Å²) >= 11 is 0. The third kappa shape index (κ3) is 71.4. The van der Waals surface area contributed by atoms with Crippen LogP contribution in [0.5, 0.6) is 0 Å². The molecule has 3 N–H and O–H groups in total. The molecule has 0 spiro atoms. The fraction of sp³-hybridized carbons (Fsp3) is 0.925. The molecule has 6 heteroatoms. The third-order valence-corrected chi connectivity index (χ3v) is 18.7. The van der Waals surface area contributed by atoms with Crippen molar-refractivity contribution < 1.29 is 24.5 Å². The first-order chi connectivity index (χ1) is 42.5. The van der Waals surface area contributed by atoms with Crippen molar-refractivity contribution in [1.82, 2.24) is 5.32 Å². The van der Waals surface area contributed by atoms with Gasteiger partial charge in [-0.25, -0.2) is 0 Å². The Kier molecular flexibility index (Phi) is 74.3. The zero-order valence-electron chi connectivity index (χ0n) is 58.6. The first-order valence-corrected chi connectivity index (χ1v) is 39.6. The van der Waals surface area contributed by atoms with Crippen LogP contribution in [0.4, 0.5) is 0 Å². The summed E-state index contributed by atoms with van der Waals surface area (Å²) in [6.45, 7) is 5.00. The van der Waals surface area contributed by atoms with Crippen LogP contribution in [0.25, 0.3) is 0 Å². The lowest BCUT2D eigenvalue weighted by atomic mass is 10.0. The molecule has 0 radical (unpaired) electrons. The number of esters is 1. The minimum atomic E-state index is -0.666. The Labute approximate surface area is 539 Å². The molecule has 0 aromatic rings. The number of hydrogen-bond acceptors (Lipinski definition) is 5. The second-order valence-electron chi connectivity index (χ2n) is 27.4. The van der Waals surface area contributed by atoms with E-state index in [0.29, 0.717) is 25.9 Å². The van der Waals surface area contributed by atoms with Gasteiger partial charge in [0, 0.05) is 12.8 Å². The smallest absolute Gasteiger partial charge is 0.305 e. The monoisotopic (exact) mass is 1210 g/mol. The van der Waals surface area contributed by atoms with E-state index in [2.05, 4.69) is 43.5 Å². The molecular formula is C80H155NO5. The van der Waals surface area contributed by atoms with Crippen molar-refractivity contribution in [3.8, 4) is 0 Å². The largest absolute Gasteiger partial charge is 0.466 e. The molecule has 1 amide bonds. The highest BCUT2D eigenvalue weighted by Gasteiger charge is 2.20. The van der Waals surface area contributed by atoms with Crippen LogP contribution in [-0.2, 0) is 14.3 Å². The third-order valence-electron chi connectivity index (χ3n) is 18.7. The number of unbranched alkanes of at least 4 members (excludes halogenated alkanes) is 60. The number of aliphatic hydroxyl groups is 2. The van der Waals surface area contributed by atoms with E-state index in [4.69, 9.17) is 4.74 Å². The van der Waals surface area contributed by atoms with E-state index in [-0.39, 0.29) is 18.5 Å². The van der Waals surface area contributed by atoms with E-state index in [1.807, 2.05) is 0 Å². The Morgan fingerprint density at radius 1 is 0.314 bits per heavy atom. The molecule has 0 saturated carbocycles. The van der Waals surface area contributed by atoms with Gasteiger partial charge in [0.05, 0.1) is 25.4 Å². The van der Waals surface area contributed by atoms with E-state index in [1.54, 1.807) is 0 Å². The second-order valence-corrected chi connectivity index (χ2v) is 27.4. The lowest BCUT2D eigenvalue weighted by Gasteiger charge is -2.22. The van der Waals surface area contributed by atoms with Gasteiger partial charge in [-0.1, -0.05) is 385 Å².